The predicted molar refractivity (Wildman–Crippen MR) is 77.8 cm³/mol. The van der Waals surface area contributed by atoms with Crippen molar-refractivity contribution >= 4 is 34.7 Å². The Morgan fingerprint density at radius 3 is 2.55 bits per heavy atom. The van der Waals surface area contributed by atoms with E-state index in [1.54, 1.807) is 33.3 Å². The van der Waals surface area contributed by atoms with Gasteiger partial charge in [-0.25, -0.2) is 9.59 Å². The van der Waals surface area contributed by atoms with Gasteiger partial charge in [-0.2, -0.15) is 11.3 Å². The van der Waals surface area contributed by atoms with Gasteiger partial charge >= 0.3 is 12.0 Å². The Labute approximate surface area is 119 Å². The molecule has 2 heterocycles. The minimum atomic E-state index is -0.992. The Bertz CT molecular complexity index is 654. The Morgan fingerprint density at radius 1 is 1.15 bits per heavy atom. The van der Waals surface area contributed by atoms with E-state index in [1.165, 1.54) is 12.1 Å². The summed E-state index contributed by atoms with van der Waals surface area (Å²) < 4.78 is 0. The van der Waals surface area contributed by atoms with E-state index in [1.807, 2.05) is 16.8 Å². The van der Waals surface area contributed by atoms with Crippen molar-refractivity contribution in [2.75, 3.05) is 22.9 Å². The summed E-state index contributed by atoms with van der Waals surface area (Å²) in [4.78, 5) is 26.7. The minimum absolute atomic E-state index is 0.120. The molecule has 2 amide bonds. The second-order valence-corrected chi connectivity index (χ2v) is 5.20. The number of rotatable bonds is 3. The Kier molecular flexibility index (Phi) is 3.15. The summed E-state index contributed by atoms with van der Waals surface area (Å²) in [5.74, 6) is -0.992. The molecule has 102 valence electrons. The molecule has 0 spiro atoms. The van der Waals surface area contributed by atoms with Gasteiger partial charge in [-0.15, -0.1) is 0 Å². The Balaban J connectivity index is 1.87. The fourth-order valence-electron chi connectivity index (χ4n) is 2.23. The molecule has 1 N–H and O–H groups in total. The largest absolute Gasteiger partial charge is 0.478 e. The molecule has 1 saturated heterocycles. The van der Waals surface area contributed by atoms with Crippen LogP contribution in [0.4, 0.5) is 16.2 Å². The Hall–Kier alpha value is -2.34. The second kappa shape index (κ2) is 4.97. The van der Waals surface area contributed by atoms with Gasteiger partial charge in [-0.05, 0) is 29.6 Å². The number of anilines is 2. The highest BCUT2D eigenvalue weighted by Gasteiger charge is 2.31. The maximum atomic E-state index is 12.4. The van der Waals surface area contributed by atoms with Crippen molar-refractivity contribution in [1.29, 1.82) is 0 Å². The first kappa shape index (κ1) is 12.7. The van der Waals surface area contributed by atoms with Crippen LogP contribution in [0.15, 0.2) is 41.1 Å². The van der Waals surface area contributed by atoms with Crippen LogP contribution in [-0.2, 0) is 0 Å². The first-order valence-corrected chi connectivity index (χ1v) is 7.06. The van der Waals surface area contributed by atoms with Gasteiger partial charge in [-0.1, -0.05) is 6.07 Å². The molecule has 2 aromatic rings. The number of benzene rings is 1. The maximum Gasteiger partial charge on any atom is 0.335 e. The lowest BCUT2D eigenvalue weighted by atomic mass is 10.2. The van der Waals surface area contributed by atoms with E-state index >= 15 is 0 Å². The van der Waals surface area contributed by atoms with E-state index in [4.69, 9.17) is 5.11 Å². The van der Waals surface area contributed by atoms with Gasteiger partial charge < -0.3 is 5.11 Å². The summed E-state index contributed by atoms with van der Waals surface area (Å²) in [6.45, 7) is 1.16. The van der Waals surface area contributed by atoms with Crippen molar-refractivity contribution < 1.29 is 14.7 Å². The van der Waals surface area contributed by atoms with E-state index in [0.717, 1.165) is 5.69 Å². The molecular formula is C14H12N2O3S. The van der Waals surface area contributed by atoms with Gasteiger partial charge in [0.2, 0.25) is 0 Å². The van der Waals surface area contributed by atoms with Crippen LogP contribution in [0.3, 0.4) is 0 Å². The number of carbonyl (C=O) groups is 2. The lowest BCUT2D eigenvalue weighted by molar-refractivity contribution is 0.0697. The minimum Gasteiger partial charge on any atom is -0.478 e. The van der Waals surface area contributed by atoms with Crippen molar-refractivity contribution in [3.05, 3.63) is 46.7 Å². The van der Waals surface area contributed by atoms with Crippen LogP contribution >= 0.6 is 11.3 Å². The number of amides is 2. The standard InChI is InChI=1S/C14H12N2O3S/c17-13(18)10-2-1-3-11(8-10)15-5-6-16(14(15)19)12-4-7-20-9-12/h1-4,7-9H,5-6H2,(H,17,18). The van der Waals surface area contributed by atoms with Crippen molar-refractivity contribution in [2.45, 2.75) is 0 Å². The lowest BCUT2D eigenvalue weighted by Gasteiger charge is -2.18. The number of nitrogens with zero attached hydrogens (tertiary/aromatic N) is 2. The quantitative estimate of drug-likeness (QED) is 0.944. The number of aromatic carboxylic acids is 1. The van der Waals surface area contributed by atoms with E-state index in [2.05, 4.69) is 0 Å². The monoisotopic (exact) mass is 288 g/mol. The molecule has 1 fully saturated rings. The predicted octanol–water partition coefficient (Wildman–Crippen LogP) is 2.89. The van der Waals surface area contributed by atoms with Crippen molar-refractivity contribution in [3.63, 3.8) is 0 Å². The number of thiophene rings is 1. The zero-order valence-electron chi connectivity index (χ0n) is 10.5. The van der Waals surface area contributed by atoms with Crippen molar-refractivity contribution in [2.24, 2.45) is 0 Å². The van der Waals surface area contributed by atoms with Crippen LogP contribution in [0.2, 0.25) is 0 Å². The number of carboxylic acids is 1. The molecule has 0 bridgehead atoms. The van der Waals surface area contributed by atoms with Crippen LogP contribution in [0.5, 0.6) is 0 Å². The van der Waals surface area contributed by atoms with Gasteiger partial charge in [0.05, 0.1) is 11.3 Å². The van der Waals surface area contributed by atoms with E-state index in [0.29, 0.717) is 18.8 Å². The number of hydrogen-bond donors (Lipinski definition) is 1. The third kappa shape index (κ3) is 2.14. The Morgan fingerprint density at radius 2 is 1.90 bits per heavy atom. The van der Waals surface area contributed by atoms with E-state index in [-0.39, 0.29) is 11.6 Å². The highest BCUT2D eigenvalue weighted by molar-refractivity contribution is 7.08. The number of carbonyl (C=O) groups excluding carboxylic acids is 1. The molecule has 1 aromatic heterocycles. The van der Waals surface area contributed by atoms with Crippen LogP contribution < -0.4 is 9.80 Å². The average molecular weight is 288 g/mol. The average Bonchev–Trinajstić information content (AvgIpc) is 3.08. The normalized spacial score (nSPS) is 14.9. The highest BCUT2D eigenvalue weighted by atomic mass is 32.1. The van der Waals surface area contributed by atoms with Gasteiger partial charge in [0.25, 0.3) is 0 Å². The maximum absolute atomic E-state index is 12.4. The molecule has 0 unspecified atom stereocenters. The molecule has 5 nitrogen and oxygen atoms in total. The van der Waals surface area contributed by atoms with Crippen molar-refractivity contribution in [1.82, 2.24) is 0 Å². The number of urea groups is 1. The summed E-state index contributed by atoms with van der Waals surface area (Å²) >= 11 is 1.54. The third-order valence-electron chi connectivity index (χ3n) is 3.23. The zero-order valence-corrected chi connectivity index (χ0v) is 11.3. The van der Waals surface area contributed by atoms with Gasteiger partial charge in [0.1, 0.15) is 0 Å². The fourth-order valence-corrected chi connectivity index (χ4v) is 2.88. The molecule has 0 atom stereocenters. The van der Waals surface area contributed by atoms with Gasteiger partial charge in [0, 0.05) is 24.2 Å². The molecule has 20 heavy (non-hydrogen) atoms. The summed E-state index contributed by atoms with van der Waals surface area (Å²) in [5, 5.41) is 12.9. The van der Waals surface area contributed by atoms with E-state index < -0.39 is 5.97 Å². The van der Waals surface area contributed by atoms with Gasteiger partial charge in [-0.3, -0.25) is 9.80 Å². The van der Waals surface area contributed by atoms with Crippen LogP contribution in [0.1, 0.15) is 10.4 Å². The molecular weight excluding hydrogens is 276 g/mol. The fraction of sp³-hybridized carbons (Fsp3) is 0.143. The zero-order chi connectivity index (χ0) is 14.1. The van der Waals surface area contributed by atoms with Crippen LogP contribution in [0, 0.1) is 0 Å². The highest BCUT2D eigenvalue weighted by Crippen LogP contribution is 2.27. The first-order valence-electron chi connectivity index (χ1n) is 6.11. The summed E-state index contributed by atoms with van der Waals surface area (Å²) in [7, 11) is 0. The molecule has 6 heteroatoms. The summed E-state index contributed by atoms with van der Waals surface area (Å²) in [6.07, 6.45) is 0. The molecule has 1 aliphatic heterocycles. The molecule has 0 radical (unpaired) electrons. The lowest BCUT2D eigenvalue weighted by Crippen LogP contribution is -2.31. The van der Waals surface area contributed by atoms with Crippen LogP contribution in [0.25, 0.3) is 0 Å². The van der Waals surface area contributed by atoms with Crippen molar-refractivity contribution in [3.8, 4) is 0 Å². The molecule has 1 aromatic carbocycles. The SMILES string of the molecule is O=C(O)c1cccc(N2CCN(c3ccsc3)C2=O)c1. The van der Waals surface area contributed by atoms with Crippen LogP contribution in [-0.4, -0.2) is 30.2 Å². The molecule has 1 aliphatic rings. The molecule has 0 aliphatic carbocycles. The topological polar surface area (TPSA) is 60.9 Å². The first-order chi connectivity index (χ1) is 9.66. The number of carboxylic acid groups (broad SMARTS) is 1. The smallest absolute Gasteiger partial charge is 0.335 e. The molecule has 0 saturated carbocycles. The summed E-state index contributed by atoms with van der Waals surface area (Å²) in [6, 6.07) is 8.23. The third-order valence-corrected chi connectivity index (χ3v) is 3.90. The second-order valence-electron chi connectivity index (χ2n) is 4.42. The van der Waals surface area contributed by atoms with Gasteiger partial charge in [0.15, 0.2) is 0 Å². The number of hydrogen-bond acceptors (Lipinski definition) is 3. The molecule has 3 rings (SSSR count). The van der Waals surface area contributed by atoms with E-state index in [9.17, 15) is 9.59 Å². The summed E-state index contributed by atoms with van der Waals surface area (Å²) in [5.41, 5.74) is 1.69.